The van der Waals surface area contributed by atoms with Gasteiger partial charge in [-0.25, -0.2) is 0 Å². The van der Waals surface area contributed by atoms with Crippen LogP contribution in [0.3, 0.4) is 0 Å². The van der Waals surface area contributed by atoms with E-state index in [-0.39, 0.29) is 5.41 Å². The monoisotopic (exact) mass is 300 g/mol. The van der Waals surface area contributed by atoms with E-state index < -0.39 is 5.97 Å². The van der Waals surface area contributed by atoms with Gasteiger partial charge in [0.05, 0.1) is 25.5 Å². The summed E-state index contributed by atoms with van der Waals surface area (Å²) in [5.74, 6) is -1.07. The number of carboxylic acid groups (broad SMARTS) is 1. The van der Waals surface area contributed by atoms with Gasteiger partial charge in [-0.15, -0.1) is 0 Å². The molecule has 0 spiro atoms. The van der Waals surface area contributed by atoms with Gasteiger partial charge >= 0.3 is 0 Å². The second kappa shape index (κ2) is 4.93. The van der Waals surface area contributed by atoms with Gasteiger partial charge < -0.3 is 9.90 Å². The van der Waals surface area contributed by atoms with Crippen molar-refractivity contribution in [2.24, 2.45) is 0 Å². The summed E-state index contributed by atoms with van der Waals surface area (Å²) in [4.78, 5) is 13.5. The Hall–Kier alpha value is -1.65. The predicted molar refractivity (Wildman–Crippen MR) is 86.2 cm³/mol. The third kappa shape index (κ3) is 1.94. The van der Waals surface area contributed by atoms with Crippen LogP contribution < -0.4 is 9.59 Å². The van der Waals surface area contributed by atoms with E-state index in [9.17, 15) is 9.90 Å². The number of aliphatic carboxylic acids is 1. The maximum Gasteiger partial charge on any atom is 0.159 e. The molecule has 0 unspecified atom stereocenters. The number of likely N-dealkylation sites (N-methyl/N-ethyl adjacent to an activating group) is 2. The van der Waals surface area contributed by atoms with E-state index in [1.165, 1.54) is 11.3 Å². The van der Waals surface area contributed by atoms with E-state index in [0.29, 0.717) is 11.7 Å². The number of rotatable bonds is 3. The molecule has 2 aliphatic heterocycles. The molecule has 1 fully saturated rings. The molecule has 2 aliphatic rings. The minimum atomic E-state index is -1.07. The lowest BCUT2D eigenvalue weighted by Crippen LogP contribution is -2.57. The number of fused-ring (bicyclic) bond motifs is 3. The molecule has 1 saturated heterocycles. The van der Waals surface area contributed by atoms with Crippen LogP contribution in [-0.4, -0.2) is 44.7 Å². The average Bonchev–Trinajstić information content (AvgIpc) is 2.91. The number of carboxylic acids is 1. The number of quaternary nitrogens is 1. The maximum absolute atomic E-state index is 11.0. The van der Waals surface area contributed by atoms with Crippen LogP contribution in [0.25, 0.3) is 0 Å². The zero-order chi connectivity index (χ0) is 16.1. The molecule has 0 saturated carbocycles. The van der Waals surface area contributed by atoms with Crippen LogP contribution in [0.2, 0.25) is 0 Å². The first-order chi connectivity index (χ1) is 10.3. The Morgan fingerprint density at radius 1 is 1.45 bits per heavy atom. The molecule has 1 aromatic carbocycles. The Bertz CT molecular complexity index is 650. The number of benzene rings is 1. The Kier molecular flexibility index (Phi) is 3.42. The largest absolute Gasteiger partial charge is 0.545 e. The molecule has 2 heterocycles. The number of likely N-dealkylation sites (tertiary alicyclic amines) is 1. The van der Waals surface area contributed by atoms with E-state index in [1.807, 2.05) is 6.08 Å². The van der Waals surface area contributed by atoms with Crippen LogP contribution in [0, 0.1) is 0 Å². The van der Waals surface area contributed by atoms with Gasteiger partial charge in [0, 0.05) is 12.1 Å². The first-order valence-corrected chi connectivity index (χ1v) is 7.83. The molecule has 0 bridgehead atoms. The normalized spacial score (nSPS) is 30.2. The molecular weight excluding hydrogens is 276 g/mol. The van der Waals surface area contributed by atoms with Gasteiger partial charge in [-0.05, 0) is 38.5 Å². The molecule has 0 radical (unpaired) electrons. The molecule has 0 N–H and O–H groups in total. The van der Waals surface area contributed by atoms with E-state index in [4.69, 9.17) is 0 Å². The van der Waals surface area contributed by atoms with Crippen molar-refractivity contribution in [3.05, 3.63) is 41.5 Å². The average molecular weight is 300 g/mol. The highest BCUT2D eigenvalue weighted by Crippen LogP contribution is 2.55. The van der Waals surface area contributed by atoms with Crippen LogP contribution in [0.1, 0.15) is 25.3 Å². The molecule has 118 valence electrons. The molecule has 1 aromatic rings. The number of hydrogen-bond acceptors (Lipinski definition) is 3. The zero-order valence-electron chi connectivity index (χ0n) is 13.8. The second-order valence-electron chi connectivity index (χ2n) is 7.20. The van der Waals surface area contributed by atoms with Crippen LogP contribution in [0.4, 0.5) is 5.69 Å². The summed E-state index contributed by atoms with van der Waals surface area (Å²) in [6.45, 7) is 2.67. The molecule has 0 aromatic heterocycles. The number of allylic oxidation sites excluding steroid dienone is 1. The highest BCUT2D eigenvalue weighted by Gasteiger charge is 2.62. The number of hydrogen-bond donors (Lipinski definition) is 0. The van der Waals surface area contributed by atoms with Gasteiger partial charge in [0.25, 0.3) is 0 Å². The molecule has 3 rings (SSSR count). The van der Waals surface area contributed by atoms with Crippen LogP contribution >= 0.6 is 0 Å². The summed E-state index contributed by atoms with van der Waals surface area (Å²) < 4.78 is 0.824. The topological polar surface area (TPSA) is 43.4 Å². The Morgan fingerprint density at radius 2 is 2.14 bits per heavy atom. The number of carbonyl (C=O) groups excluding carboxylic acids is 1. The fourth-order valence-corrected chi connectivity index (χ4v) is 4.70. The minimum absolute atomic E-state index is 0.00838. The Balaban J connectivity index is 2.11. The van der Waals surface area contributed by atoms with Gasteiger partial charge in [-0.2, -0.15) is 0 Å². The smallest absolute Gasteiger partial charge is 0.159 e. The Morgan fingerprint density at radius 3 is 2.82 bits per heavy atom. The van der Waals surface area contributed by atoms with Crippen molar-refractivity contribution < 1.29 is 9.90 Å². The highest BCUT2D eigenvalue weighted by atomic mass is 16.4. The van der Waals surface area contributed by atoms with Gasteiger partial charge in [0.15, 0.2) is 6.17 Å². The second-order valence-corrected chi connectivity index (χ2v) is 7.20. The van der Waals surface area contributed by atoms with E-state index in [2.05, 4.69) is 50.3 Å². The lowest BCUT2D eigenvalue weighted by atomic mass is 9.76. The van der Waals surface area contributed by atoms with Gasteiger partial charge in [-0.1, -0.05) is 24.3 Å². The summed E-state index contributed by atoms with van der Waals surface area (Å²) in [6, 6.07) is 8.61. The van der Waals surface area contributed by atoms with Crippen molar-refractivity contribution in [1.29, 1.82) is 0 Å². The summed E-state index contributed by atoms with van der Waals surface area (Å²) in [5.41, 5.74) is 3.04. The lowest BCUT2D eigenvalue weighted by Gasteiger charge is -2.38. The lowest BCUT2D eigenvalue weighted by molar-refractivity contribution is -0.299. The third-order valence-corrected chi connectivity index (χ3v) is 5.59. The van der Waals surface area contributed by atoms with Crippen molar-refractivity contribution >= 4 is 11.7 Å². The third-order valence-electron chi connectivity index (χ3n) is 5.59. The quantitative estimate of drug-likeness (QED) is 0.623. The van der Waals surface area contributed by atoms with Crippen LogP contribution in [0.15, 0.2) is 35.9 Å². The highest BCUT2D eigenvalue weighted by molar-refractivity contribution is 5.83. The van der Waals surface area contributed by atoms with Crippen molar-refractivity contribution in [3.63, 3.8) is 0 Å². The SMILES string of the molecule is C/C(=C\C[C@@]12CCN(C)[C@@H]1[N+](C)(C)c1ccccc12)C(=O)[O-]. The van der Waals surface area contributed by atoms with E-state index in [0.717, 1.165) is 23.9 Å². The van der Waals surface area contributed by atoms with E-state index >= 15 is 0 Å². The van der Waals surface area contributed by atoms with Gasteiger partial charge in [0.1, 0.15) is 5.69 Å². The van der Waals surface area contributed by atoms with Gasteiger partial charge in [-0.3, -0.25) is 9.38 Å². The van der Waals surface area contributed by atoms with Crippen molar-refractivity contribution in [2.75, 3.05) is 27.7 Å². The molecule has 4 nitrogen and oxygen atoms in total. The minimum Gasteiger partial charge on any atom is -0.545 e. The predicted octanol–water partition coefficient (Wildman–Crippen LogP) is 1.25. The number of nitrogens with zero attached hydrogens (tertiary/aromatic N) is 2. The van der Waals surface area contributed by atoms with Crippen LogP contribution in [-0.2, 0) is 10.2 Å². The number of para-hydroxylation sites is 1. The molecule has 0 aliphatic carbocycles. The standard InChI is InChI=1S/C18H24N2O2/c1-13(16(21)22)9-10-18-11-12-19(2)17(18)20(3,4)15-8-6-5-7-14(15)18/h5-9,17H,10-12H2,1-4H3/b13-9+/t17-,18+/m1/s1. The molecule has 2 atom stereocenters. The fourth-order valence-electron chi connectivity index (χ4n) is 4.70. The molecule has 0 amide bonds. The van der Waals surface area contributed by atoms with Gasteiger partial charge in [0.2, 0.25) is 0 Å². The maximum atomic E-state index is 11.0. The number of carbonyl (C=O) groups is 1. The first kappa shape index (κ1) is 15.3. The summed E-state index contributed by atoms with van der Waals surface area (Å²) in [5, 5.41) is 11.0. The zero-order valence-corrected chi connectivity index (χ0v) is 13.8. The molecule has 22 heavy (non-hydrogen) atoms. The summed E-state index contributed by atoms with van der Waals surface area (Å²) in [6.07, 6.45) is 4.00. The molecular formula is C18H24N2O2. The van der Waals surface area contributed by atoms with Crippen molar-refractivity contribution in [1.82, 2.24) is 9.38 Å². The van der Waals surface area contributed by atoms with Crippen molar-refractivity contribution in [2.45, 2.75) is 31.3 Å². The van der Waals surface area contributed by atoms with Crippen LogP contribution in [0.5, 0.6) is 0 Å². The molecule has 4 heteroatoms. The Labute approximate surface area is 132 Å². The first-order valence-electron chi connectivity index (χ1n) is 7.83. The fraction of sp³-hybridized carbons (Fsp3) is 0.500. The summed E-state index contributed by atoms with van der Waals surface area (Å²) in [7, 11) is 6.68. The summed E-state index contributed by atoms with van der Waals surface area (Å²) >= 11 is 0. The van der Waals surface area contributed by atoms with Crippen molar-refractivity contribution in [3.8, 4) is 0 Å². The van der Waals surface area contributed by atoms with E-state index in [1.54, 1.807) is 6.92 Å².